The number of hydrogen-bond acceptors (Lipinski definition) is 4. The Morgan fingerprint density at radius 3 is 3.00 bits per heavy atom. The Labute approximate surface area is 70.9 Å². The van der Waals surface area contributed by atoms with E-state index in [9.17, 15) is 0 Å². The zero-order chi connectivity index (χ0) is 9.03. The first-order valence-electron chi connectivity index (χ1n) is 3.61. The summed E-state index contributed by atoms with van der Waals surface area (Å²) in [5, 5.41) is 8.75. The van der Waals surface area contributed by atoms with Gasteiger partial charge in [0.15, 0.2) is 0 Å². The minimum atomic E-state index is -0.752. The Balaban J connectivity index is 2.68. The molecule has 1 unspecified atom stereocenters. The molecule has 1 rings (SSSR count). The summed E-state index contributed by atoms with van der Waals surface area (Å²) in [6.07, 6.45) is 2.04. The molecule has 0 fully saturated rings. The maximum Gasteiger partial charge on any atom is 0.123 e. The van der Waals surface area contributed by atoms with Crippen LogP contribution in [-0.2, 0) is 6.42 Å². The van der Waals surface area contributed by atoms with Crippen molar-refractivity contribution in [3.05, 3.63) is 24.2 Å². The Morgan fingerprint density at radius 2 is 2.58 bits per heavy atom. The molecule has 64 valence electrons. The highest BCUT2D eigenvalue weighted by Gasteiger charge is 2.23. The molecule has 4 nitrogen and oxygen atoms in total. The summed E-state index contributed by atoms with van der Waals surface area (Å²) in [5.74, 6) is 5.97. The molecule has 0 saturated heterocycles. The summed E-state index contributed by atoms with van der Waals surface area (Å²) < 4.78 is 5.09. The average molecular weight is 165 g/mol. The summed E-state index contributed by atoms with van der Waals surface area (Å²) >= 11 is 0. The number of nitrogens with zero attached hydrogens (tertiary/aromatic N) is 1. The number of hydrogen-bond donors (Lipinski definition) is 2. The van der Waals surface area contributed by atoms with Gasteiger partial charge in [-0.2, -0.15) is 5.26 Å². The minimum absolute atomic E-state index is 0.465. The first kappa shape index (κ1) is 8.78. The third-order valence-corrected chi connectivity index (χ3v) is 1.67. The van der Waals surface area contributed by atoms with Gasteiger partial charge in [0.25, 0.3) is 0 Å². The molecule has 1 aromatic rings. The van der Waals surface area contributed by atoms with Gasteiger partial charge in [0.05, 0.1) is 12.3 Å². The van der Waals surface area contributed by atoms with E-state index in [4.69, 9.17) is 15.5 Å². The molecule has 0 aliphatic carbocycles. The smallest absolute Gasteiger partial charge is 0.123 e. The van der Waals surface area contributed by atoms with Crippen LogP contribution in [0.5, 0.6) is 0 Å². The van der Waals surface area contributed by atoms with Gasteiger partial charge in [0.1, 0.15) is 11.3 Å². The maximum atomic E-state index is 8.75. The van der Waals surface area contributed by atoms with Gasteiger partial charge in [-0.15, -0.1) is 0 Å². The average Bonchev–Trinajstić information content (AvgIpc) is 2.57. The largest absolute Gasteiger partial charge is 0.469 e. The van der Waals surface area contributed by atoms with Gasteiger partial charge in [0.2, 0.25) is 0 Å². The van der Waals surface area contributed by atoms with Gasteiger partial charge < -0.3 is 4.42 Å². The zero-order valence-corrected chi connectivity index (χ0v) is 6.87. The van der Waals surface area contributed by atoms with Crippen LogP contribution < -0.4 is 11.3 Å². The summed E-state index contributed by atoms with van der Waals surface area (Å²) in [4.78, 5) is 0. The lowest BCUT2D eigenvalue weighted by atomic mass is 10.00. The Morgan fingerprint density at radius 1 is 1.83 bits per heavy atom. The molecule has 3 N–H and O–H groups in total. The molecule has 0 saturated carbocycles. The van der Waals surface area contributed by atoms with Crippen LogP contribution in [0.1, 0.15) is 12.7 Å². The van der Waals surface area contributed by atoms with E-state index in [0.29, 0.717) is 6.42 Å². The maximum absolute atomic E-state index is 8.75. The van der Waals surface area contributed by atoms with Gasteiger partial charge in [-0.25, -0.2) is 5.43 Å². The van der Waals surface area contributed by atoms with E-state index >= 15 is 0 Å². The van der Waals surface area contributed by atoms with Crippen molar-refractivity contribution in [2.75, 3.05) is 0 Å². The second-order valence-electron chi connectivity index (χ2n) is 2.84. The Bertz CT molecular complexity index is 275. The van der Waals surface area contributed by atoms with E-state index < -0.39 is 5.54 Å². The topological polar surface area (TPSA) is 75.0 Å². The van der Waals surface area contributed by atoms with E-state index in [1.165, 1.54) is 0 Å². The lowest BCUT2D eigenvalue weighted by Gasteiger charge is -2.18. The quantitative estimate of drug-likeness (QED) is 0.507. The molecular formula is C8H11N3O. The lowest BCUT2D eigenvalue weighted by molar-refractivity contribution is 0.404. The first-order chi connectivity index (χ1) is 5.70. The number of furan rings is 1. The molecule has 0 aromatic carbocycles. The number of hydrazine groups is 1. The minimum Gasteiger partial charge on any atom is -0.469 e. The van der Waals surface area contributed by atoms with Crippen LogP contribution >= 0.6 is 0 Å². The number of nitrogens with two attached hydrogens (primary N) is 1. The molecule has 0 bridgehead atoms. The Hall–Kier alpha value is -1.31. The molecule has 0 amide bonds. The highest BCUT2D eigenvalue weighted by atomic mass is 16.3. The highest BCUT2D eigenvalue weighted by Crippen LogP contribution is 2.11. The summed E-state index contributed by atoms with van der Waals surface area (Å²) in [7, 11) is 0. The standard InChI is InChI=1S/C8H11N3O/c1-8(6-9,11-10)5-7-3-2-4-12-7/h2-4,11H,5,10H2,1H3. The fourth-order valence-electron chi connectivity index (χ4n) is 0.884. The lowest BCUT2D eigenvalue weighted by Crippen LogP contribution is -2.47. The van der Waals surface area contributed by atoms with Crippen molar-refractivity contribution in [3.8, 4) is 6.07 Å². The predicted molar refractivity (Wildman–Crippen MR) is 43.8 cm³/mol. The highest BCUT2D eigenvalue weighted by molar-refractivity contribution is 5.12. The fourth-order valence-corrected chi connectivity index (χ4v) is 0.884. The van der Waals surface area contributed by atoms with Gasteiger partial charge in [-0.1, -0.05) is 0 Å². The first-order valence-corrected chi connectivity index (χ1v) is 3.61. The van der Waals surface area contributed by atoms with Crippen LogP contribution in [0.4, 0.5) is 0 Å². The van der Waals surface area contributed by atoms with Crippen molar-refractivity contribution in [3.63, 3.8) is 0 Å². The fraction of sp³-hybridized carbons (Fsp3) is 0.375. The van der Waals surface area contributed by atoms with Crippen LogP contribution in [0, 0.1) is 11.3 Å². The van der Waals surface area contributed by atoms with E-state index in [2.05, 4.69) is 11.5 Å². The normalized spacial score (nSPS) is 15.1. The molecule has 12 heavy (non-hydrogen) atoms. The van der Waals surface area contributed by atoms with Crippen LogP contribution in [0.25, 0.3) is 0 Å². The van der Waals surface area contributed by atoms with Crippen LogP contribution in [0.2, 0.25) is 0 Å². The van der Waals surface area contributed by atoms with Crippen molar-refractivity contribution in [1.82, 2.24) is 5.43 Å². The molecule has 1 heterocycles. The van der Waals surface area contributed by atoms with E-state index in [0.717, 1.165) is 5.76 Å². The van der Waals surface area contributed by atoms with Gasteiger partial charge in [-0.3, -0.25) is 5.84 Å². The summed E-state index contributed by atoms with van der Waals surface area (Å²) in [6.45, 7) is 1.72. The molecule has 0 spiro atoms. The molecule has 0 aliphatic heterocycles. The zero-order valence-electron chi connectivity index (χ0n) is 6.87. The molecule has 4 heteroatoms. The third kappa shape index (κ3) is 1.84. The second kappa shape index (κ2) is 3.39. The van der Waals surface area contributed by atoms with E-state index in [1.54, 1.807) is 19.3 Å². The van der Waals surface area contributed by atoms with Crippen LogP contribution in [0.3, 0.4) is 0 Å². The van der Waals surface area contributed by atoms with Gasteiger partial charge >= 0.3 is 0 Å². The van der Waals surface area contributed by atoms with Crippen molar-refractivity contribution in [2.24, 2.45) is 5.84 Å². The van der Waals surface area contributed by atoms with Crippen molar-refractivity contribution in [2.45, 2.75) is 18.9 Å². The molecule has 1 aromatic heterocycles. The van der Waals surface area contributed by atoms with Crippen molar-refractivity contribution in [1.29, 1.82) is 5.26 Å². The summed E-state index contributed by atoms with van der Waals surface area (Å²) in [6, 6.07) is 5.66. The summed E-state index contributed by atoms with van der Waals surface area (Å²) in [5.41, 5.74) is 1.69. The molecule has 0 radical (unpaired) electrons. The van der Waals surface area contributed by atoms with Crippen LogP contribution in [-0.4, -0.2) is 5.54 Å². The third-order valence-electron chi connectivity index (χ3n) is 1.67. The second-order valence-corrected chi connectivity index (χ2v) is 2.84. The molecule has 0 aliphatic rings. The van der Waals surface area contributed by atoms with E-state index in [1.807, 2.05) is 6.07 Å². The molecular weight excluding hydrogens is 154 g/mol. The SMILES string of the molecule is CC(C#N)(Cc1ccco1)NN. The van der Waals surface area contributed by atoms with Crippen molar-refractivity contribution < 1.29 is 4.42 Å². The number of rotatable bonds is 3. The van der Waals surface area contributed by atoms with Crippen LogP contribution in [0.15, 0.2) is 22.8 Å². The van der Waals surface area contributed by atoms with Crippen molar-refractivity contribution >= 4 is 0 Å². The number of nitriles is 1. The molecule has 1 atom stereocenters. The van der Waals surface area contributed by atoms with E-state index in [-0.39, 0.29) is 0 Å². The predicted octanol–water partition coefficient (Wildman–Crippen LogP) is 0.568. The Kier molecular flexibility index (Phi) is 2.48. The van der Waals surface area contributed by atoms with Gasteiger partial charge in [0, 0.05) is 6.42 Å². The monoisotopic (exact) mass is 165 g/mol. The number of nitrogens with one attached hydrogen (secondary N) is 1. The van der Waals surface area contributed by atoms with Gasteiger partial charge in [-0.05, 0) is 19.1 Å².